The lowest BCUT2D eigenvalue weighted by Crippen LogP contribution is -2.29. The molecule has 1 aromatic heterocycles. The number of amides is 1. The van der Waals surface area contributed by atoms with E-state index in [4.69, 9.17) is 9.26 Å². The van der Waals surface area contributed by atoms with E-state index in [0.29, 0.717) is 11.8 Å². The minimum absolute atomic E-state index is 0.114. The van der Waals surface area contributed by atoms with Gasteiger partial charge in [0, 0.05) is 31.0 Å². The second-order valence-corrected chi connectivity index (χ2v) is 7.45. The number of carbonyl (C=O) groups is 1. The third-order valence-corrected chi connectivity index (χ3v) is 5.42. The van der Waals surface area contributed by atoms with Gasteiger partial charge in [-0.1, -0.05) is 5.16 Å². The van der Waals surface area contributed by atoms with Crippen LogP contribution in [-0.2, 0) is 6.42 Å². The number of hydrogen-bond acceptors (Lipinski definition) is 5. The Bertz CT molecular complexity index is 797. The highest BCUT2D eigenvalue weighted by Gasteiger charge is 2.30. The van der Waals surface area contributed by atoms with Crippen LogP contribution in [-0.4, -0.2) is 41.1 Å². The zero-order chi connectivity index (χ0) is 18.1. The summed E-state index contributed by atoms with van der Waals surface area (Å²) in [4.78, 5) is 19.3. The minimum Gasteiger partial charge on any atom is -0.497 e. The lowest BCUT2D eigenvalue weighted by atomic mass is 10.0. The molecule has 1 saturated heterocycles. The predicted molar refractivity (Wildman–Crippen MR) is 96.3 cm³/mol. The van der Waals surface area contributed by atoms with Crippen LogP contribution in [0.15, 0.2) is 22.7 Å². The summed E-state index contributed by atoms with van der Waals surface area (Å²) in [6.45, 7) is 3.57. The highest BCUT2D eigenvalue weighted by Crippen LogP contribution is 2.39. The number of aryl methyl sites for hydroxylation is 2. The first-order valence-corrected chi connectivity index (χ1v) is 9.40. The fourth-order valence-corrected chi connectivity index (χ4v) is 3.62. The molecule has 2 aliphatic rings. The second-order valence-electron chi connectivity index (χ2n) is 7.45. The predicted octanol–water partition coefficient (Wildman–Crippen LogP) is 3.36. The molecule has 1 aromatic carbocycles. The Labute approximate surface area is 153 Å². The monoisotopic (exact) mass is 355 g/mol. The zero-order valence-corrected chi connectivity index (χ0v) is 15.4. The highest BCUT2D eigenvalue weighted by atomic mass is 16.5. The number of ether oxygens (including phenoxy) is 1. The third-order valence-electron chi connectivity index (χ3n) is 5.42. The number of nitrogens with zero attached hydrogens (tertiary/aromatic N) is 3. The minimum atomic E-state index is 0.114. The maximum absolute atomic E-state index is 12.8. The van der Waals surface area contributed by atoms with Crippen LogP contribution in [0.1, 0.15) is 59.2 Å². The van der Waals surface area contributed by atoms with Crippen LogP contribution in [0.5, 0.6) is 5.75 Å². The van der Waals surface area contributed by atoms with Gasteiger partial charge in [-0.05, 0) is 62.3 Å². The van der Waals surface area contributed by atoms with Crippen LogP contribution in [0, 0.1) is 12.8 Å². The molecule has 1 saturated carbocycles. The van der Waals surface area contributed by atoms with Crippen molar-refractivity contribution in [3.63, 3.8) is 0 Å². The van der Waals surface area contributed by atoms with Crippen molar-refractivity contribution in [3.05, 3.63) is 41.0 Å². The smallest absolute Gasteiger partial charge is 0.254 e. The van der Waals surface area contributed by atoms with Crippen LogP contribution in [0.4, 0.5) is 0 Å². The van der Waals surface area contributed by atoms with Gasteiger partial charge in [-0.2, -0.15) is 4.98 Å². The molecule has 6 nitrogen and oxygen atoms in total. The maximum Gasteiger partial charge on any atom is 0.254 e. The Morgan fingerprint density at radius 2 is 2.19 bits per heavy atom. The number of hydrogen-bond donors (Lipinski definition) is 0. The molecule has 1 aliphatic carbocycles. The lowest BCUT2D eigenvalue weighted by molar-refractivity contribution is 0.0786. The SMILES string of the molecule is COc1ccc(C(=O)N2CCC(CCc3noc(C4CC4)n3)C2)c(C)c1. The van der Waals surface area contributed by atoms with Gasteiger partial charge in [0.2, 0.25) is 5.89 Å². The first-order valence-electron chi connectivity index (χ1n) is 9.40. The summed E-state index contributed by atoms with van der Waals surface area (Å²) in [5, 5.41) is 4.09. The van der Waals surface area contributed by atoms with Crippen LogP contribution >= 0.6 is 0 Å². The van der Waals surface area contributed by atoms with E-state index < -0.39 is 0 Å². The Morgan fingerprint density at radius 3 is 2.92 bits per heavy atom. The Balaban J connectivity index is 1.31. The molecule has 6 heteroatoms. The molecular formula is C20H25N3O3. The van der Waals surface area contributed by atoms with Crippen molar-refractivity contribution in [1.29, 1.82) is 0 Å². The molecule has 4 rings (SSSR count). The molecule has 1 amide bonds. The van der Waals surface area contributed by atoms with Crippen molar-refractivity contribution in [1.82, 2.24) is 15.0 Å². The summed E-state index contributed by atoms with van der Waals surface area (Å²) in [7, 11) is 1.64. The van der Waals surface area contributed by atoms with Crippen LogP contribution in [0.25, 0.3) is 0 Å². The first kappa shape index (κ1) is 17.1. The molecule has 0 N–H and O–H groups in total. The van der Waals surface area contributed by atoms with Gasteiger partial charge in [-0.25, -0.2) is 0 Å². The van der Waals surface area contributed by atoms with Gasteiger partial charge in [0.1, 0.15) is 5.75 Å². The van der Waals surface area contributed by atoms with E-state index in [9.17, 15) is 4.79 Å². The summed E-state index contributed by atoms with van der Waals surface area (Å²) in [6.07, 6.45) is 5.20. The van der Waals surface area contributed by atoms with Gasteiger partial charge in [0.05, 0.1) is 7.11 Å². The summed E-state index contributed by atoms with van der Waals surface area (Å²) in [5.74, 6) is 3.51. The van der Waals surface area contributed by atoms with Crippen LogP contribution < -0.4 is 4.74 Å². The van der Waals surface area contributed by atoms with Crippen LogP contribution in [0.2, 0.25) is 0 Å². The lowest BCUT2D eigenvalue weighted by Gasteiger charge is -2.18. The highest BCUT2D eigenvalue weighted by molar-refractivity contribution is 5.96. The fraction of sp³-hybridized carbons (Fsp3) is 0.550. The molecule has 138 valence electrons. The van der Waals surface area contributed by atoms with Gasteiger partial charge in [0.15, 0.2) is 5.82 Å². The molecule has 0 bridgehead atoms. The summed E-state index contributed by atoms with van der Waals surface area (Å²) < 4.78 is 10.5. The number of rotatable bonds is 6. The molecular weight excluding hydrogens is 330 g/mol. The van der Waals surface area contributed by atoms with Crippen molar-refractivity contribution in [2.75, 3.05) is 20.2 Å². The molecule has 2 fully saturated rings. The molecule has 2 aromatic rings. The molecule has 1 unspecified atom stereocenters. The van der Waals surface area contributed by atoms with E-state index in [1.807, 2.05) is 30.0 Å². The third kappa shape index (κ3) is 3.59. The largest absolute Gasteiger partial charge is 0.497 e. The zero-order valence-electron chi connectivity index (χ0n) is 15.4. The van der Waals surface area contributed by atoms with Crippen molar-refractivity contribution in [3.8, 4) is 5.75 Å². The van der Waals surface area contributed by atoms with Gasteiger partial charge < -0.3 is 14.2 Å². The van der Waals surface area contributed by atoms with E-state index in [1.54, 1.807) is 7.11 Å². The van der Waals surface area contributed by atoms with Crippen molar-refractivity contribution in [2.45, 2.75) is 44.9 Å². The Kier molecular flexibility index (Phi) is 4.66. The molecule has 2 heterocycles. The number of carbonyl (C=O) groups excluding carboxylic acids is 1. The number of benzene rings is 1. The summed E-state index contributed by atoms with van der Waals surface area (Å²) in [6, 6.07) is 5.62. The molecule has 1 atom stereocenters. The van der Waals surface area contributed by atoms with Crippen LogP contribution in [0.3, 0.4) is 0 Å². The average molecular weight is 355 g/mol. The van der Waals surface area contributed by atoms with Gasteiger partial charge in [-0.15, -0.1) is 0 Å². The molecule has 26 heavy (non-hydrogen) atoms. The quantitative estimate of drug-likeness (QED) is 0.795. The Hall–Kier alpha value is -2.37. The maximum atomic E-state index is 12.8. The second kappa shape index (κ2) is 7.09. The fourth-order valence-electron chi connectivity index (χ4n) is 3.62. The normalized spacial score (nSPS) is 19.8. The standard InChI is InChI=1S/C20H25N3O3/c1-13-11-16(25-2)6-7-17(13)20(24)23-10-9-14(12-23)3-8-18-21-19(26-22-18)15-4-5-15/h6-7,11,14-15H,3-5,8-10,12H2,1-2H3. The summed E-state index contributed by atoms with van der Waals surface area (Å²) >= 11 is 0. The molecule has 0 radical (unpaired) electrons. The average Bonchev–Trinajstić information content (AvgIpc) is 3.20. The number of methoxy groups -OCH3 is 1. The van der Waals surface area contributed by atoms with E-state index >= 15 is 0 Å². The van der Waals surface area contributed by atoms with E-state index in [1.165, 1.54) is 12.8 Å². The van der Waals surface area contributed by atoms with Gasteiger partial charge in [-0.3, -0.25) is 4.79 Å². The van der Waals surface area contributed by atoms with Gasteiger partial charge in [0.25, 0.3) is 5.91 Å². The first-order chi connectivity index (χ1) is 12.6. The van der Waals surface area contributed by atoms with Crippen molar-refractivity contribution < 1.29 is 14.1 Å². The van der Waals surface area contributed by atoms with Gasteiger partial charge >= 0.3 is 0 Å². The van der Waals surface area contributed by atoms with Crippen molar-refractivity contribution >= 4 is 5.91 Å². The van der Waals surface area contributed by atoms with Crippen molar-refractivity contribution in [2.24, 2.45) is 5.92 Å². The van der Waals surface area contributed by atoms with E-state index in [0.717, 1.165) is 60.9 Å². The Morgan fingerprint density at radius 1 is 1.35 bits per heavy atom. The topological polar surface area (TPSA) is 68.5 Å². The molecule has 0 spiro atoms. The number of likely N-dealkylation sites (tertiary alicyclic amines) is 1. The van der Waals surface area contributed by atoms with E-state index in [2.05, 4.69) is 10.1 Å². The summed E-state index contributed by atoms with van der Waals surface area (Å²) in [5.41, 5.74) is 1.72. The molecule has 1 aliphatic heterocycles. The van der Waals surface area contributed by atoms with E-state index in [-0.39, 0.29) is 5.91 Å². The number of aromatic nitrogens is 2.